The maximum Gasteiger partial charge on any atom is 0.337 e. The molecule has 2 amide bonds. The van der Waals surface area contributed by atoms with Crippen LogP contribution in [0, 0.1) is 0 Å². The van der Waals surface area contributed by atoms with E-state index in [0.29, 0.717) is 17.2 Å². The number of carbonyl (C=O) groups excluding carboxylic acids is 4. The number of anilines is 2. The number of esters is 2. The van der Waals surface area contributed by atoms with Crippen LogP contribution in [0.2, 0.25) is 0 Å². The molecule has 0 radical (unpaired) electrons. The molecule has 2 N–H and O–H groups in total. The van der Waals surface area contributed by atoms with Crippen LogP contribution in [0.25, 0.3) is 0 Å². The van der Waals surface area contributed by atoms with E-state index in [0.717, 1.165) is 4.90 Å². The van der Waals surface area contributed by atoms with Crippen LogP contribution in [-0.4, -0.2) is 38.0 Å². The monoisotopic (exact) mass is 446 g/mol. The van der Waals surface area contributed by atoms with Crippen LogP contribution in [0.4, 0.5) is 11.4 Å². The second-order valence-electron chi connectivity index (χ2n) is 7.08. The van der Waals surface area contributed by atoms with Crippen molar-refractivity contribution in [2.75, 3.05) is 24.9 Å². The summed E-state index contributed by atoms with van der Waals surface area (Å²) in [6, 6.07) is 15.1. The number of fused-ring (bicyclic) bond motifs is 1. The minimum absolute atomic E-state index is 0.0161. The zero-order chi connectivity index (χ0) is 23.7. The first kappa shape index (κ1) is 21.6. The molecule has 0 spiro atoms. The number of nitrogen functional groups attached to an aromatic ring is 1. The van der Waals surface area contributed by atoms with E-state index in [1.807, 2.05) is 0 Å². The minimum Gasteiger partial charge on any atom is -0.465 e. The van der Waals surface area contributed by atoms with Crippen LogP contribution in [0.1, 0.15) is 41.4 Å². The number of amides is 2. The molecule has 9 nitrogen and oxygen atoms in total. The molecule has 1 heterocycles. The fourth-order valence-electron chi connectivity index (χ4n) is 3.44. The average molecular weight is 446 g/mol. The van der Waals surface area contributed by atoms with Gasteiger partial charge in [0.2, 0.25) is 0 Å². The summed E-state index contributed by atoms with van der Waals surface area (Å²) < 4.78 is 15.2. The Morgan fingerprint density at radius 2 is 1.36 bits per heavy atom. The Morgan fingerprint density at radius 3 is 1.97 bits per heavy atom. The van der Waals surface area contributed by atoms with Gasteiger partial charge in [-0.1, -0.05) is 6.07 Å². The summed E-state index contributed by atoms with van der Waals surface area (Å²) in [5.74, 6) is -1.92. The first-order valence-electron chi connectivity index (χ1n) is 9.70. The number of imide groups is 1. The van der Waals surface area contributed by atoms with Crippen molar-refractivity contribution < 1.29 is 33.4 Å². The normalized spacial score (nSPS) is 12.4. The van der Waals surface area contributed by atoms with E-state index in [2.05, 4.69) is 0 Å². The predicted molar refractivity (Wildman–Crippen MR) is 118 cm³/mol. The molecule has 3 aromatic carbocycles. The zero-order valence-electron chi connectivity index (χ0n) is 17.7. The van der Waals surface area contributed by atoms with Crippen LogP contribution in [-0.2, 0) is 9.47 Å². The predicted octanol–water partition coefficient (Wildman–Crippen LogP) is 3.43. The van der Waals surface area contributed by atoms with Gasteiger partial charge in [0, 0.05) is 11.8 Å². The number of hydrogen-bond donors (Lipinski definition) is 1. The molecule has 4 rings (SSSR count). The summed E-state index contributed by atoms with van der Waals surface area (Å²) in [4.78, 5) is 51.2. The molecular formula is C24H18N2O7. The van der Waals surface area contributed by atoms with Crippen molar-refractivity contribution in [2.24, 2.45) is 0 Å². The number of nitrogens with zero attached hydrogens (tertiary/aromatic N) is 1. The lowest BCUT2D eigenvalue weighted by molar-refractivity contribution is 0.0598. The van der Waals surface area contributed by atoms with Crippen molar-refractivity contribution >= 4 is 35.1 Å². The van der Waals surface area contributed by atoms with Gasteiger partial charge >= 0.3 is 11.9 Å². The largest absolute Gasteiger partial charge is 0.465 e. The third-order valence-corrected chi connectivity index (χ3v) is 4.97. The van der Waals surface area contributed by atoms with Gasteiger partial charge in [0.15, 0.2) is 0 Å². The third kappa shape index (κ3) is 3.99. The maximum atomic E-state index is 13.2. The Morgan fingerprint density at radius 1 is 0.758 bits per heavy atom. The molecule has 0 atom stereocenters. The van der Waals surface area contributed by atoms with E-state index in [-0.39, 0.29) is 27.9 Å². The zero-order valence-corrected chi connectivity index (χ0v) is 17.7. The Hall–Kier alpha value is -4.66. The van der Waals surface area contributed by atoms with E-state index in [4.69, 9.17) is 19.9 Å². The first-order chi connectivity index (χ1) is 15.8. The summed E-state index contributed by atoms with van der Waals surface area (Å²) in [5, 5.41) is 0. The molecule has 1 aliphatic rings. The highest BCUT2D eigenvalue weighted by Gasteiger charge is 2.37. The summed E-state index contributed by atoms with van der Waals surface area (Å²) in [7, 11) is 2.35. The third-order valence-electron chi connectivity index (χ3n) is 4.97. The molecular weight excluding hydrogens is 428 g/mol. The lowest BCUT2D eigenvalue weighted by Crippen LogP contribution is -2.30. The molecule has 0 saturated heterocycles. The van der Waals surface area contributed by atoms with Gasteiger partial charge in [0.05, 0.1) is 42.2 Å². The highest BCUT2D eigenvalue weighted by molar-refractivity contribution is 6.34. The molecule has 166 valence electrons. The molecule has 0 fully saturated rings. The second kappa shape index (κ2) is 8.46. The molecule has 33 heavy (non-hydrogen) atoms. The number of carbonyl (C=O) groups is 4. The summed E-state index contributed by atoms with van der Waals surface area (Å²) in [5.41, 5.74) is 6.54. The molecule has 0 saturated carbocycles. The van der Waals surface area contributed by atoms with Gasteiger partial charge in [-0.25, -0.2) is 14.5 Å². The number of nitrogens with two attached hydrogens (primary N) is 1. The van der Waals surface area contributed by atoms with E-state index in [9.17, 15) is 19.2 Å². The maximum absolute atomic E-state index is 13.2. The van der Waals surface area contributed by atoms with Crippen molar-refractivity contribution in [1.29, 1.82) is 0 Å². The van der Waals surface area contributed by atoms with Crippen molar-refractivity contribution in [2.45, 2.75) is 0 Å². The van der Waals surface area contributed by atoms with Gasteiger partial charge < -0.3 is 19.9 Å². The van der Waals surface area contributed by atoms with Gasteiger partial charge in [0.25, 0.3) is 11.8 Å². The van der Waals surface area contributed by atoms with Crippen molar-refractivity contribution in [3.8, 4) is 11.5 Å². The van der Waals surface area contributed by atoms with Crippen LogP contribution >= 0.6 is 0 Å². The van der Waals surface area contributed by atoms with Gasteiger partial charge in [-0.05, 0) is 48.5 Å². The standard InChI is InChI=1S/C24H18N2O7/c1-31-23(29)13-8-14(24(30)32-2)10-16(9-13)26-21(27)19-7-6-18(12-20(19)22(26)28)33-17-5-3-4-15(25)11-17/h3-12H,25H2,1-2H3. The number of benzene rings is 3. The van der Waals surface area contributed by atoms with E-state index < -0.39 is 23.8 Å². The lowest BCUT2D eigenvalue weighted by atomic mass is 10.1. The van der Waals surface area contributed by atoms with Crippen LogP contribution < -0.4 is 15.4 Å². The SMILES string of the molecule is COC(=O)c1cc(C(=O)OC)cc(N2C(=O)c3ccc(Oc4cccc(N)c4)cc3C2=O)c1. The van der Waals surface area contributed by atoms with Crippen LogP contribution in [0.5, 0.6) is 11.5 Å². The highest BCUT2D eigenvalue weighted by atomic mass is 16.5. The smallest absolute Gasteiger partial charge is 0.337 e. The first-order valence-corrected chi connectivity index (χ1v) is 9.70. The minimum atomic E-state index is -0.739. The fourth-order valence-corrected chi connectivity index (χ4v) is 3.44. The summed E-state index contributed by atoms with van der Waals surface area (Å²) in [6.45, 7) is 0. The quantitative estimate of drug-likeness (QED) is 0.359. The van der Waals surface area contributed by atoms with Crippen molar-refractivity contribution in [1.82, 2.24) is 0 Å². The molecule has 0 aromatic heterocycles. The summed E-state index contributed by atoms with van der Waals surface area (Å²) >= 11 is 0. The summed E-state index contributed by atoms with van der Waals surface area (Å²) in [6.07, 6.45) is 0. The van der Waals surface area contributed by atoms with Crippen LogP contribution in [0.3, 0.4) is 0 Å². The van der Waals surface area contributed by atoms with Gasteiger partial charge in [-0.15, -0.1) is 0 Å². The molecule has 9 heteroatoms. The van der Waals surface area contributed by atoms with E-state index in [1.54, 1.807) is 30.3 Å². The Labute approximate surface area is 188 Å². The van der Waals surface area contributed by atoms with Crippen LogP contribution in [0.15, 0.2) is 60.7 Å². The fraction of sp³-hybridized carbons (Fsp3) is 0.0833. The number of methoxy groups -OCH3 is 2. The second-order valence-corrected chi connectivity index (χ2v) is 7.08. The van der Waals surface area contributed by atoms with E-state index >= 15 is 0 Å². The molecule has 3 aromatic rings. The number of rotatable bonds is 5. The average Bonchev–Trinajstić information content (AvgIpc) is 3.07. The van der Waals surface area contributed by atoms with Gasteiger partial charge in [-0.2, -0.15) is 0 Å². The van der Waals surface area contributed by atoms with Crippen molar-refractivity contribution in [3.05, 3.63) is 82.9 Å². The molecule has 0 bridgehead atoms. The van der Waals surface area contributed by atoms with Crippen molar-refractivity contribution in [3.63, 3.8) is 0 Å². The van der Waals surface area contributed by atoms with Gasteiger partial charge in [-0.3, -0.25) is 9.59 Å². The Balaban J connectivity index is 1.72. The lowest BCUT2D eigenvalue weighted by Gasteiger charge is -2.16. The molecule has 1 aliphatic heterocycles. The molecule has 0 aliphatic carbocycles. The Kier molecular flexibility index (Phi) is 5.53. The number of ether oxygens (including phenoxy) is 3. The van der Waals surface area contributed by atoms with E-state index in [1.165, 1.54) is 44.6 Å². The number of hydrogen-bond acceptors (Lipinski definition) is 8. The van der Waals surface area contributed by atoms with Gasteiger partial charge in [0.1, 0.15) is 11.5 Å². The Bertz CT molecular complexity index is 1280. The topological polar surface area (TPSA) is 125 Å². The highest BCUT2D eigenvalue weighted by Crippen LogP contribution is 2.33. The molecule has 0 unspecified atom stereocenters.